The number of nitrogens with zero attached hydrogens (tertiary/aromatic N) is 3. The molecule has 1 aliphatic heterocycles. The van der Waals surface area contributed by atoms with Crippen LogP contribution < -0.4 is 5.56 Å². The maximum absolute atomic E-state index is 12.5. The van der Waals surface area contributed by atoms with Crippen molar-refractivity contribution in [2.45, 2.75) is 24.3 Å². The molecule has 7 nitrogen and oxygen atoms in total. The van der Waals surface area contributed by atoms with Gasteiger partial charge in [-0.15, -0.1) is 0 Å². The van der Waals surface area contributed by atoms with Gasteiger partial charge in [-0.05, 0) is 37.1 Å². The molecule has 0 spiro atoms. The van der Waals surface area contributed by atoms with Gasteiger partial charge in [0, 0.05) is 18.7 Å². The van der Waals surface area contributed by atoms with Crippen molar-refractivity contribution in [1.82, 2.24) is 14.1 Å². The van der Waals surface area contributed by atoms with Gasteiger partial charge in [0.05, 0.1) is 16.1 Å². The summed E-state index contributed by atoms with van der Waals surface area (Å²) in [4.78, 5) is 24.4. The fourth-order valence-electron chi connectivity index (χ4n) is 2.68. The molecule has 0 N–H and O–H groups in total. The Bertz CT molecular complexity index is 997. The molecule has 3 rings (SSSR count). The molecule has 2 aromatic rings. The summed E-state index contributed by atoms with van der Waals surface area (Å²) in [6, 6.07) is 5.64. The SMILES string of the molecule is O=C(Cn1ncc(Cl)c(Cl)c1=O)c1ccc(S(=O)(=O)N2CCCC2)cc1. The molecule has 0 radical (unpaired) electrons. The zero-order chi connectivity index (χ0) is 18.9. The molecule has 1 aromatic heterocycles. The first-order valence-electron chi connectivity index (χ1n) is 7.85. The highest BCUT2D eigenvalue weighted by atomic mass is 35.5. The minimum absolute atomic E-state index is 0.0110. The van der Waals surface area contributed by atoms with Gasteiger partial charge in [-0.25, -0.2) is 13.1 Å². The van der Waals surface area contributed by atoms with Gasteiger partial charge >= 0.3 is 0 Å². The fourth-order valence-corrected chi connectivity index (χ4v) is 4.46. The predicted octanol–water partition coefficient (Wildman–Crippen LogP) is 2.22. The third-order valence-electron chi connectivity index (χ3n) is 4.11. The normalized spacial score (nSPS) is 15.3. The molecule has 0 atom stereocenters. The van der Waals surface area contributed by atoms with E-state index >= 15 is 0 Å². The largest absolute Gasteiger partial charge is 0.292 e. The monoisotopic (exact) mass is 415 g/mol. The molecule has 2 heterocycles. The molecular weight excluding hydrogens is 401 g/mol. The molecule has 0 bridgehead atoms. The van der Waals surface area contributed by atoms with Crippen molar-refractivity contribution < 1.29 is 13.2 Å². The summed E-state index contributed by atoms with van der Waals surface area (Å²) in [5.74, 6) is -0.400. The van der Waals surface area contributed by atoms with E-state index in [0.717, 1.165) is 17.5 Å². The molecule has 10 heteroatoms. The number of benzene rings is 1. The molecule has 1 aliphatic rings. The Morgan fingerprint density at radius 2 is 1.73 bits per heavy atom. The van der Waals surface area contributed by atoms with Gasteiger partial charge in [-0.3, -0.25) is 9.59 Å². The number of carbonyl (C=O) groups excluding carboxylic acids is 1. The number of aromatic nitrogens is 2. The minimum atomic E-state index is -3.53. The maximum atomic E-state index is 12.5. The maximum Gasteiger partial charge on any atom is 0.287 e. The number of halogens is 2. The van der Waals surface area contributed by atoms with Gasteiger partial charge in [-0.2, -0.15) is 9.40 Å². The van der Waals surface area contributed by atoms with Crippen LogP contribution in [0.2, 0.25) is 10.0 Å². The quantitative estimate of drug-likeness (QED) is 0.698. The van der Waals surface area contributed by atoms with E-state index in [4.69, 9.17) is 23.2 Å². The van der Waals surface area contributed by atoms with Crippen LogP contribution in [0.5, 0.6) is 0 Å². The third-order valence-corrected chi connectivity index (χ3v) is 6.78. The summed E-state index contributed by atoms with van der Waals surface area (Å²) >= 11 is 11.5. The van der Waals surface area contributed by atoms with Gasteiger partial charge in [0.2, 0.25) is 10.0 Å². The molecule has 0 unspecified atom stereocenters. The van der Waals surface area contributed by atoms with E-state index in [2.05, 4.69) is 5.10 Å². The van der Waals surface area contributed by atoms with E-state index in [1.54, 1.807) is 0 Å². The number of carbonyl (C=O) groups is 1. The lowest BCUT2D eigenvalue weighted by Crippen LogP contribution is -2.28. The second-order valence-electron chi connectivity index (χ2n) is 5.83. The van der Waals surface area contributed by atoms with Crippen LogP contribution in [0, 0.1) is 0 Å². The van der Waals surface area contributed by atoms with Crippen LogP contribution in [-0.2, 0) is 16.6 Å². The third kappa shape index (κ3) is 3.68. The van der Waals surface area contributed by atoms with Crippen molar-refractivity contribution in [1.29, 1.82) is 0 Å². The van der Waals surface area contributed by atoms with Gasteiger partial charge in [0.25, 0.3) is 5.56 Å². The van der Waals surface area contributed by atoms with Crippen molar-refractivity contribution in [3.8, 4) is 0 Å². The number of hydrogen-bond acceptors (Lipinski definition) is 5. The molecule has 1 saturated heterocycles. The van der Waals surface area contributed by atoms with E-state index in [9.17, 15) is 18.0 Å². The first-order valence-corrected chi connectivity index (χ1v) is 10.0. The number of ketones is 1. The van der Waals surface area contributed by atoms with Crippen molar-refractivity contribution in [2.75, 3.05) is 13.1 Å². The van der Waals surface area contributed by atoms with E-state index in [-0.39, 0.29) is 27.0 Å². The first kappa shape index (κ1) is 19.0. The molecule has 1 fully saturated rings. The Balaban J connectivity index is 1.79. The zero-order valence-corrected chi connectivity index (χ0v) is 15.9. The van der Waals surface area contributed by atoms with Crippen molar-refractivity contribution >= 4 is 39.0 Å². The first-order chi connectivity index (χ1) is 12.3. The van der Waals surface area contributed by atoms with E-state index in [1.807, 2.05) is 0 Å². The van der Waals surface area contributed by atoms with E-state index < -0.39 is 21.4 Å². The summed E-state index contributed by atoms with van der Waals surface area (Å²) in [6.07, 6.45) is 2.88. The van der Waals surface area contributed by atoms with E-state index in [0.29, 0.717) is 13.1 Å². The number of rotatable bonds is 5. The number of hydrogen-bond donors (Lipinski definition) is 0. The highest BCUT2D eigenvalue weighted by molar-refractivity contribution is 7.89. The molecule has 0 amide bonds. The standard InChI is InChI=1S/C16H15Cl2N3O4S/c17-13-9-19-21(16(23)15(13)18)10-14(22)11-3-5-12(6-4-11)26(24,25)20-7-1-2-8-20/h3-6,9H,1-2,7-8,10H2. The van der Waals surface area contributed by atoms with Crippen LogP contribution in [-0.4, -0.2) is 41.4 Å². The zero-order valence-electron chi connectivity index (χ0n) is 13.6. The summed E-state index contributed by atoms with van der Waals surface area (Å²) in [7, 11) is -3.53. The van der Waals surface area contributed by atoms with Crippen molar-refractivity contribution in [3.05, 3.63) is 56.4 Å². The van der Waals surface area contributed by atoms with Crippen LogP contribution in [0.25, 0.3) is 0 Å². The summed E-state index contributed by atoms with van der Waals surface area (Å²) in [6.45, 7) is 0.692. The van der Waals surface area contributed by atoms with Crippen molar-refractivity contribution in [3.63, 3.8) is 0 Å². The van der Waals surface area contributed by atoms with Crippen LogP contribution in [0.15, 0.2) is 40.2 Å². The van der Waals surface area contributed by atoms with Crippen LogP contribution in [0.3, 0.4) is 0 Å². The lowest BCUT2D eigenvalue weighted by molar-refractivity contribution is 0.0965. The lowest BCUT2D eigenvalue weighted by Gasteiger charge is -2.15. The van der Waals surface area contributed by atoms with E-state index in [1.165, 1.54) is 34.8 Å². The number of sulfonamides is 1. The minimum Gasteiger partial charge on any atom is -0.292 e. The second kappa shape index (κ2) is 7.48. The Morgan fingerprint density at radius 1 is 1.12 bits per heavy atom. The summed E-state index contributed by atoms with van der Waals surface area (Å²) < 4.78 is 27.3. The van der Waals surface area contributed by atoms with Crippen LogP contribution in [0.1, 0.15) is 23.2 Å². The molecular formula is C16H15Cl2N3O4S. The molecule has 0 saturated carbocycles. The Labute approximate surface area is 160 Å². The molecule has 26 heavy (non-hydrogen) atoms. The Hall–Kier alpha value is -1.74. The smallest absolute Gasteiger partial charge is 0.287 e. The second-order valence-corrected chi connectivity index (χ2v) is 8.55. The van der Waals surface area contributed by atoms with Gasteiger partial charge in [0.15, 0.2) is 5.78 Å². The number of Topliss-reactive ketones (excluding diaryl/α,β-unsaturated/α-hetero) is 1. The van der Waals surface area contributed by atoms with Crippen molar-refractivity contribution in [2.24, 2.45) is 0 Å². The fraction of sp³-hybridized carbons (Fsp3) is 0.312. The Morgan fingerprint density at radius 3 is 2.35 bits per heavy atom. The van der Waals surface area contributed by atoms with Crippen LogP contribution in [0.4, 0.5) is 0 Å². The predicted molar refractivity (Wildman–Crippen MR) is 97.3 cm³/mol. The highest BCUT2D eigenvalue weighted by Crippen LogP contribution is 2.21. The average Bonchev–Trinajstić information content (AvgIpc) is 3.18. The van der Waals surface area contributed by atoms with Crippen LogP contribution >= 0.6 is 23.2 Å². The van der Waals surface area contributed by atoms with Gasteiger partial charge in [0.1, 0.15) is 11.6 Å². The molecule has 138 valence electrons. The Kier molecular flexibility index (Phi) is 5.47. The molecule has 0 aliphatic carbocycles. The summed E-state index contributed by atoms with van der Waals surface area (Å²) in [5.41, 5.74) is -0.397. The van der Waals surface area contributed by atoms with Gasteiger partial charge in [-0.1, -0.05) is 23.2 Å². The highest BCUT2D eigenvalue weighted by Gasteiger charge is 2.27. The topological polar surface area (TPSA) is 89.3 Å². The molecule has 1 aromatic carbocycles. The summed E-state index contributed by atoms with van der Waals surface area (Å²) in [5, 5.41) is 3.58. The average molecular weight is 416 g/mol. The lowest BCUT2D eigenvalue weighted by atomic mass is 10.1. The van der Waals surface area contributed by atoms with Gasteiger partial charge < -0.3 is 0 Å².